The molecule has 0 atom stereocenters. The molecular formula is C16H22F2N2O2. The van der Waals surface area contributed by atoms with Crippen molar-refractivity contribution in [3.8, 4) is 0 Å². The first-order valence-electron chi connectivity index (χ1n) is 7.44. The molecule has 4 nitrogen and oxygen atoms in total. The van der Waals surface area contributed by atoms with E-state index in [1.54, 1.807) is 11.0 Å². The Hall–Kier alpha value is -1.85. The average Bonchev–Trinajstić information content (AvgIpc) is 2.66. The number of carbonyl (C=O) groups is 1. The molecule has 0 N–H and O–H groups in total. The van der Waals surface area contributed by atoms with Crippen molar-refractivity contribution in [1.82, 2.24) is 4.90 Å². The van der Waals surface area contributed by atoms with Crippen LogP contribution in [0.15, 0.2) is 18.2 Å². The number of anilines is 1. The first kappa shape index (κ1) is 16.5. The van der Waals surface area contributed by atoms with E-state index < -0.39 is 17.2 Å². The van der Waals surface area contributed by atoms with Crippen LogP contribution >= 0.6 is 0 Å². The Bertz CT molecular complexity index is 543. The molecule has 1 aromatic rings. The SMILES string of the molecule is CC(C)(C)OC(=O)N1CCCN(c2ccc(F)c(F)c2)CC1. The summed E-state index contributed by atoms with van der Waals surface area (Å²) >= 11 is 0. The van der Waals surface area contributed by atoms with E-state index in [1.807, 2.05) is 25.7 Å². The smallest absolute Gasteiger partial charge is 0.410 e. The zero-order chi connectivity index (χ0) is 16.3. The van der Waals surface area contributed by atoms with Crippen molar-refractivity contribution >= 4 is 11.8 Å². The van der Waals surface area contributed by atoms with Crippen LogP contribution in [0.1, 0.15) is 27.2 Å². The lowest BCUT2D eigenvalue weighted by atomic mass is 10.2. The number of halogens is 2. The summed E-state index contributed by atoms with van der Waals surface area (Å²) in [5.41, 5.74) is 0.105. The van der Waals surface area contributed by atoms with Crippen molar-refractivity contribution in [3.05, 3.63) is 29.8 Å². The van der Waals surface area contributed by atoms with E-state index in [1.165, 1.54) is 6.07 Å². The summed E-state index contributed by atoms with van der Waals surface area (Å²) in [6, 6.07) is 3.88. The second-order valence-corrected chi connectivity index (χ2v) is 6.41. The van der Waals surface area contributed by atoms with Crippen molar-refractivity contribution in [2.45, 2.75) is 32.8 Å². The first-order valence-corrected chi connectivity index (χ1v) is 7.44. The number of nitrogens with zero attached hydrogens (tertiary/aromatic N) is 2. The van der Waals surface area contributed by atoms with Crippen molar-refractivity contribution in [2.24, 2.45) is 0 Å². The Labute approximate surface area is 129 Å². The summed E-state index contributed by atoms with van der Waals surface area (Å²) < 4.78 is 31.7. The second kappa shape index (κ2) is 6.50. The summed E-state index contributed by atoms with van der Waals surface area (Å²) in [5.74, 6) is -1.71. The summed E-state index contributed by atoms with van der Waals surface area (Å²) in [4.78, 5) is 15.7. The van der Waals surface area contributed by atoms with Crippen LogP contribution in [0, 0.1) is 11.6 Å². The number of carbonyl (C=O) groups excluding carboxylic acids is 1. The van der Waals surface area contributed by atoms with Crippen LogP contribution in [-0.2, 0) is 4.74 Å². The molecule has 0 unspecified atom stereocenters. The molecule has 0 saturated carbocycles. The topological polar surface area (TPSA) is 32.8 Å². The Morgan fingerprint density at radius 2 is 1.82 bits per heavy atom. The van der Waals surface area contributed by atoms with Gasteiger partial charge >= 0.3 is 6.09 Å². The Morgan fingerprint density at radius 3 is 2.45 bits per heavy atom. The van der Waals surface area contributed by atoms with Crippen LogP contribution in [0.5, 0.6) is 0 Å². The predicted octanol–water partition coefficient (Wildman–Crippen LogP) is 3.41. The molecule has 1 heterocycles. The van der Waals surface area contributed by atoms with Gasteiger partial charge in [0.25, 0.3) is 0 Å². The minimum absolute atomic E-state index is 0.334. The van der Waals surface area contributed by atoms with Crippen molar-refractivity contribution in [2.75, 3.05) is 31.1 Å². The minimum atomic E-state index is -0.856. The third-order valence-corrected chi connectivity index (χ3v) is 3.42. The summed E-state index contributed by atoms with van der Waals surface area (Å²) in [7, 11) is 0. The molecule has 0 radical (unpaired) electrons. The van der Waals surface area contributed by atoms with Gasteiger partial charge < -0.3 is 14.5 Å². The highest BCUT2D eigenvalue weighted by atomic mass is 19.2. The van der Waals surface area contributed by atoms with Gasteiger partial charge in [-0.05, 0) is 39.3 Å². The minimum Gasteiger partial charge on any atom is -0.444 e. The van der Waals surface area contributed by atoms with E-state index in [0.29, 0.717) is 31.9 Å². The van der Waals surface area contributed by atoms with Crippen LogP contribution in [-0.4, -0.2) is 42.8 Å². The van der Waals surface area contributed by atoms with Gasteiger partial charge in [-0.25, -0.2) is 13.6 Å². The number of ether oxygens (including phenoxy) is 1. The quantitative estimate of drug-likeness (QED) is 0.796. The van der Waals surface area contributed by atoms with Crippen LogP contribution < -0.4 is 4.90 Å². The molecular weight excluding hydrogens is 290 g/mol. The second-order valence-electron chi connectivity index (χ2n) is 6.41. The highest BCUT2D eigenvalue weighted by Crippen LogP contribution is 2.20. The molecule has 0 aromatic heterocycles. The van der Waals surface area contributed by atoms with Crippen molar-refractivity contribution in [1.29, 1.82) is 0 Å². The standard InChI is InChI=1S/C16H22F2N2O2/c1-16(2,3)22-15(21)20-8-4-7-19(9-10-20)12-5-6-13(17)14(18)11-12/h5-6,11H,4,7-10H2,1-3H3. The Kier molecular flexibility index (Phi) is 4.88. The van der Waals surface area contributed by atoms with Crippen LogP contribution in [0.4, 0.5) is 19.3 Å². The molecule has 2 rings (SSSR count). The van der Waals surface area contributed by atoms with E-state index in [2.05, 4.69) is 0 Å². The Morgan fingerprint density at radius 1 is 1.09 bits per heavy atom. The van der Waals surface area contributed by atoms with E-state index in [0.717, 1.165) is 12.5 Å². The van der Waals surface area contributed by atoms with Gasteiger partial charge in [-0.1, -0.05) is 0 Å². The van der Waals surface area contributed by atoms with Gasteiger partial charge in [0.15, 0.2) is 11.6 Å². The van der Waals surface area contributed by atoms with Gasteiger partial charge in [0.05, 0.1) is 0 Å². The number of benzene rings is 1. The Balaban J connectivity index is 2.00. The maximum Gasteiger partial charge on any atom is 0.410 e. The number of hydrogen-bond acceptors (Lipinski definition) is 3. The lowest BCUT2D eigenvalue weighted by Crippen LogP contribution is -2.39. The highest BCUT2D eigenvalue weighted by molar-refractivity contribution is 5.68. The molecule has 6 heteroatoms. The fourth-order valence-electron chi connectivity index (χ4n) is 2.37. The highest BCUT2D eigenvalue weighted by Gasteiger charge is 2.24. The van der Waals surface area contributed by atoms with Crippen molar-refractivity contribution < 1.29 is 18.3 Å². The van der Waals surface area contributed by atoms with E-state index in [-0.39, 0.29) is 6.09 Å². The molecule has 0 spiro atoms. The van der Waals surface area contributed by atoms with Crippen LogP contribution in [0.2, 0.25) is 0 Å². The predicted molar refractivity (Wildman–Crippen MR) is 81.0 cm³/mol. The molecule has 1 saturated heterocycles. The summed E-state index contributed by atoms with van der Waals surface area (Å²) in [6.07, 6.45) is 0.415. The average molecular weight is 312 g/mol. The van der Waals surface area contributed by atoms with Gasteiger partial charge in [0.2, 0.25) is 0 Å². The van der Waals surface area contributed by atoms with Gasteiger partial charge in [-0.2, -0.15) is 0 Å². The number of amides is 1. The van der Waals surface area contributed by atoms with E-state index >= 15 is 0 Å². The normalized spacial score (nSPS) is 16.4. The zero-order valence-corrected chi connectivity index (χ0v) is 13.2. The molecule has 0 aliphatic carbocycles. The summed E-state index contributed by atoms with van der Waals surface area (Å²) in [5, 5.41) is 0. The lowest BCUT2D eigenvalue weighted by Gasteiger charge is -2.27. The van der Waals surface area contributed by atoms with E-state index in [9.17, 15) is 13.6 Å². The molecule has 22 heavy (non-hydrogen) atoms. The number of rotatable bonds is 1. The molecule has 1 aromatic carbocycles. The largest absolute Gasteiger partial charge is 0.444 e. The number of hydrogen-bond donors (Lipinski definition) is 0. The molecule has 1 aliphatic heterocycles. The van der Waals surface area contributed by atoms with Gasteiger partial charge in [0.1, 0.15) is 5.60 Å². The molecule has 1 amide bonds. The van der Waals surface area contributed by atoms with Gasteiger partial charge in [-0.15, -0.1) is 0 Å². The fourth-order valence-corrected chi connectivity index (χ4v) is 2.37. The van der Waals surface area contributed by atoms with Gasteiger partial charge in [-0.3, -0.25) is 0 Å². The molecule has 0 bridgehead atoms. The third-order valence-electron chi connectivity index (χ3n) is 3.42. The fraction of sp³-hybridized carbons (Fsp3) is 0.562. The zero-order valence-electron chi connectivity index (χ0n) is 13.2. The maximum atomic E-state index is 13.3. The van der Waals surface area contributed by atoms with Crippen molar-refractivity contribution in [3.63, 3.8) is 0 Å². The lowest BCUT2D eigenvalue weighted by molar-refractivity contribution is 0.0263. The molecule has 1 fully saturated rings. The summed E-state index contributed by atoms with van der Waals surface area (Å²) in [6.45, 7) is 7.82. The maximum absolute atomic E-state index is 13.3. The third kappa shape index (κ3) is 4.32. The van der Waals surface area contributed by atoms with Gasteiger partial charge in [0, 0.05) is 37.9 Å². The molecule has 122 valence electrons. The van der Waals surface area contributed by atoms with E-state index in [4.69, 9.17) is 4.74 Å². The molecule has 1 aliphatic rings. The monoisotopic (exact) mass is 312 g/mol. The van der Waals surface area contributed by atoms with Crippen LogP contribution in [0.25, 0.3) is 0 Å². The van der Waals surface area contributed by atoms with Crippen LogP contribution in [0.3, 0.4) is 0 Å². The first-order chi connectivity index (χ1) is 10.3.